The highest BCUT2D eigenvalue weighted by Crippen LogP contribution is 2.24. The Morgan fingerprint density at radius 2 is 1.75 bits per heavy atom. The highest BCUT2D eigenvalue weighted by molar-refractivity contribution is 6.03. The molecule has 0 spiro atoms. The number of carbonyl (C=O) groups excluding carboxylic acids is 3. The highest BCUT2D eigenvalue weighted by atomic mass is 16.5. The van der Waals surface area contributed by atoms with Gasteiger partial charge in [-0.05, 0) is 35.4 Å². The number of aromatic amines is 1. The van der Waals surface area contributed by atoms with Gasteiger partial charge < -0.3 is 14.6 Å². The van der Waals surface area contributed by atoms with Crippen molar-refractivity contribution in [2.24, 2.45) is 0 Å². The monoisotopic (exact) mass is 378 g/mol. The number of esters is 1. The summed E-state index contributed by atoms with van der Waals surface area (Å²) in [6.07, 6.45) is -0.0537. The maximum absolute atomic E-state index is 12.9. The Hall–Kier alpha value is -3.41. The van der Waals surface area contributed by atoms with E-state index in [4.69, 9.17) is 4.74 Å². The lowest BCUT2D eigenvalue weighted by Gasteiger charge is -2.18. The molecule has 3 rings (SSSR count). The number of fused-ring (bicyclic) bond motifs is 1. The quantitative estimate of drug-likeness (QED) is 0.543. The molecule has 144 valence electrons. The zero-order chi connectivity index (χ0) is 20.4. The fraction of sp³-hybridized carbons (Fsp3) is 0.227. The molecule has 2 aromatic carbocycles. The van der Waals surface area contributed by atoms with Gasteiger partial charge in [0.05, 0.1) is 24.8 Å². The van der Waals surface area contributed by atoms with Gasteiger partial charge in [-0.1, -0.05) is 30.3 Å². The van der Waals surface area contributed by atoms with Crippen molar-refractivity contribution in [3.8, 4) is 0 Å². The first-order valence-corrected chi connectivity index (χ1v) is 8.89. The molecule has 1 N–H and O–H groups in total. The Morgan fingerprint density at radius 1 is 1.07 bits per heavy atom. The van der Waals surface area contributed by atoms with Crippen LogP contribution in [0.4, 0.5) is 5.69 Å². The molecule has 6 heteroatoms. The van der Waals surface area contributed by atoms with E-state index in [1.54, 1.807) is 14.0 Å². The Bertz CT molecular complexity index is 1080. The number of aromatic nitrogens is 1. The van der Waals surface area contributed by atoms with Crippen LogP contribution in [0.2, 0.25) is 0 Å². The summed E-state index contributed by atoms with van der Waals surface area (Å²) in [5, 5.41) is 2.12. The lowest BCUT2D eigenvalue weighted by Crippen LogP contribution is -2.28. The number of ether oxygens (including phenoxy) is 1. The molecule has 0 saturated carbocycles. The largest absolute Gasteiger partial charge is 0.465 e. The number of H-pyrrole nitrogens is 1. The standard InChI is InChI=1S/C22H22N2O4/c1-13-20(22(27)28-4)18(23-21(13)14(2)25)12-19(26)24(3)17-10-9-15-7-5-6-8-16(15)11-17/h5-11,23H,12H2,1-4H3. The van der Waals surface area contributed by atoms with Crippen molar-refractivity contribution in [1.82, 2.24) is 4.98 Å². The number of amides is 1. The second kappa shape index (κ2) is 7.68. The molecule has 0 atom stereocenters. The molecule has 6 nitrogen and oxygen atoms in total. The van der Waals surface area contributed by atoms with Crippen molar-refractivity contribution in [2.45, 2.75) is 20.3 Å². The zero-order valence-electron chi connectivity index (χ0n) is 16.3. The van der Waals surface area contributed by atoms with Crippen LogP contribution in [-0.4, -0.2) is 36.8 Å². The average molecular weight is 378 g/mol. The first-order valence-electron chi connectivity index (χ1n) is 8.89. The summed E-state index contributed by atoms with van der Waals surface area (Å²) in [7, 11) is 2.96. The third-order valence-corrected chi connectivity index (χ3v) is 4.89. The molecule has 0 aliphatic carbocycles. The molecule has 1 aromatic heterocycles. The number of ketones is 1. The summed E-state index contributed by atoms with van der Waals surface area (Å²) in [6.45, 7) is 3.08. The van der Waals surface area contributed by atoms with Gasteiger partial charge in [-0.15, -0.1) is 0 Å². The third-order valence-electron chi connectivity index (χ3n) is 4.89. The number of hydrogen-bond donors (Lipinski definition) is 1. The normalized spacial score (nSPS) is 10.7. The van der Waals surface area contributed by atoms with E-state index >= 15 is 0 Å². The summed E-state index contributed by atoms with van der Waals surface area (Å²) in [5.41, 5.74) is 2.19. The van der Waals surface area contributed by atoms with Crippen molar-refractivity contribution in [2.75, 3.05) is 19.1 Å². The van der Waals surface area contributed by atoms with E-state index < -0.39 is 5.97 Å². The number of nitrogens with one attached hydrogen (secondary N) is 1. The van der Waals surface area contributed by atoms with Crippen LogP contribution in [0.15, 0.2) is 42.5 Å². The number of anilines is 1. The lowest BCUT2D eigenvalue weighted by molar-refractivity contribution is -0.117. The molecule has 28 heavy (non-hydrogen) atoms. The molecule has 0 aliphatic heterocycles. The Kier molecular flexibility index (Phi) is 5.31. The molecule has 0 fully saturated rings. The highest BCUT2D eigenvalue weighted by Gasteiger charge is 2.25. The van der Waals surface area contributed by atoms with Crippen molar-refractivity contribution in [3.63, 3.8) is 0 Å². The summed E-state index contributed by atoms with van der Waals surface area (Å²) < 4.78 is 4.83. The molecule has 1 heterocycles. The molecule has 0 aliphatic rings. The number of rotatable bonds is 5. The number of likely N-dealkylation sites (N-methyl/N-ethyl adjacent to an activating group) is 1. The van der Waals surface area contributed by atoms with E-state index in [1.165, 1.54) is 18.9 Å². The van der Waals surface area contributed by atoms with E-state index in [1.807, 2.05) is 42.5 Å². The second-order valence-corrected chi connectivity index (χ2v) is 6.69. The molecule has 0 unspecified atom stereocenters. The van der Waals surface area contributed by atoms with Crippen molar-refractivity contribution in [3.05, 3.63) is 65.0 Å². The van der Waals surface area contributed by atoms with Gasteiger partial charge in [0, 0.05) is 25.4 Å². The van der Waals surface area contributed by atoms with E-state index in [2.05, 4.69) is 4.98 Å². The zero-order valence-corrected chi connectivity index (χ0v) is 16.3. The summed E-state index contributed by atoms with van der Waals surface area (Å²) in [6, 6.07) is 13.7. The van der Waals surface area contributed by atoms with Crippen LogP contribution in [-0.2, 0) is 16.0 Å². The maximum atomic E-state index is 12.9. The van der Waals surface area contributed by atoms with Gasteiger partial charge in [-0.25, -0.2) is 4.79 Å². The van der Waals surface area contributed by atoms with Crippen molar-refractivity contribution >= 4 is 34.1 Å². The molecule has 1 amide bonds. The van der Waals surface area contributed by atoms with Crippen LogP contribution in [0.3, 0.4) is 0 Å². The van der Waals surface area contributed by atoms with Gasteiger partial charge in [0.1, 0.15) is 0 Å². The number of hydrogen-bond acceptors (Lipinski definition) is 4. The second-order valence-electron chi connectivity index (χ2n) is 6.69. The Balaban J connectivity index is 1.92. The Morgan fingerprint density at radius 3 is 2.39 bits per heavy atom. The topological polar surface area (TPSA) is 79.5 Å². The minimum atomic E-state index is -0.572. The summed E-state index contributed by atoms with van der Waals surface area (Å²) >= 11 is 0. The first-order chi connectivity index (χ1) is 13.3. The first kappa shape index (κ1) is 19.4. The summed E-state index contributed by atoms with van der Waals surface area (Å²) in [4.78, 5) is 41.4. The molecule has 0 radical (unpaired) electrons. The van der Waals surface area contributed by atoms with Crippen LogP contribution in [0.25, 0.3) is 10.8 Å². The number of nitrogens with zero attached hydrogens (tertiary/aromatic N) is 1. The van der Waals surface area contributed by atoms with Crippen molar-refractivity contribution in [1.29, 1.82) is 0 Å². The number of methoxy groups -OCH3 is 1. The molecular weight excluding hydrogens is 356 g/mol. The van der Waals surface area contributed by atoms with Gasteiger partial charge in [-0.2, -0.15) is 0 Å². The van der Waals surface area contributed by atoms with Gasteiger partial charge in [0.2, 0.25) is 5.91 Å². The smallest absolute Gasteiger partial charge is 0.339 e. The minimum Gasteiger partial charge on any atom is -0.465 e. The van der Waals surface area contributed by atoms with Crippen LogP contribution >= 0.6 is 0 Å². The van der Waals surface area contributed by atoms with Crippen LogP contribution in [0.1, 0.15) is 39.0 Å². The van der Waals surface area contributed by atoms with Gasteiger partial charge in [0.15, 0.2) is 5.78 Å². The number of Topliss-reactive ketones (excluding diaryl/α,β-unsaturated/α-hetero) is 1. The molecular formula is C22H22N2O4. The van der Waals surface area contributed by atoms with Crippen LogP contribution < -0.4 is 4.90 Å². The fourth-order valence-corrected chi connectivity index (χ4v) is 3.32. The SMILES string of the molecule is COC(=O)c1c(CC(=O)N(C)c2ccc3ccccc3c2)[nH]c(C(C)=O)c1C. The minimum absolute atomic E-state index is 0.0537. The Labute approximate surface area is 163 Å². The van der Waals surface area contributed by atoms with Gasteiger partial charge >= 0.3 is 5.97 Å². The third kappa shape index (κ3) is 3.53. The van der Waals surface area contributed by atoms with Gasteiger partial charge in [-0.3, -0.25) is 9.59 Å². The number of benzene rings is 2. The molecule has 0 bridgehead atoms. The molecule has 3 aromatic rings. The van der Waals surface area contributed by atoms with E-state index in [0.29, 0.717) is 17.0 Å². The lowest BCUT2D eigenvalue weighted by atomic mass is 10.1. The van der Waals surface area contributed by atoms with Crippen LogP contribution in [0, 0.1) is 6.92 Å². The fourth-order valence-electron chi connectivity index (χ4n) is 3.32. The van der Waals surface area contributed by atoms with Gasteiger partial charge in [0.25, 0.3) is 0 Å². The van der Waals surface area contributed by atoms with E-state index in [9.17, 15) is 14.4 Å². The van der Waals surface area contributed by atoms with Crippen LogP contribution in [0.5, 0.6) is 0 Å². The molecule has 0 saturated heterocycles. The van der Waals surface area contributed by atoms with E-state index in [0.717, 1.165) is 16.5 Å². The maximum Gasteiger partial charge on any atom is 0.339 e. The average Bonchev–Trinajstić information content (AvgIpc) is 3.02. The van der Waals surface area contributed by atoms with Crippen molar-refractivity contribution < 1.29 is 19.1 Å². The number of carbonyl (C=O) groups is 3. The predicted molar refractivity (Wildman–Crippen MR) is 108 cm³/mol. The summed E-state index contributed by atoms with van der Waals surface area (Å²) in [5.74, 6) is -0.988. The van der Waals surface area contributed by atoms with E-state index in [-0.39, 0.29) is 23.7 Å². The predicted octanol–water partition coefficient (Wildman–Crippen LogP) is 3.67.